The number of rotatable bonds is 2. The Hall–Kier alpha value is -2.13. The van der Waals surface area contributed by atoms with Gasteiger partial charge >= 0.3 is 0 Å². The Morgan fingerprint density at radius 3 is 2.89 bits per heavy atom. The molecule has 2 rings (SSSR count). The van der Waals surface area contributed by atoms with Gasteiger partial charge in [-0.15, -0.1) is 0 Å². The molecule has 1 heterocycles. The SMILES string of the molecule is CC1(O)CCCN(c2cc(C#N)ccc2[N+](=O)[O-])C1. The van der Waals surface area contributed by atoms with Crippen LogP contribution in [0.2, 0.25) is 0 Å². The zero-order valence-corrected chi connectivity index (χ0v) is 10.7. The Bertz CT molecular complexity index is 549. The molecule has 19 heavy (non-hydrogen) atoms. The number of aliphatic hydroxyl groups is 1. The van der Waals surface area contributed by atoms with E-state index in [1.807, 2.05) is 6.07 Å². The summed E-state index contributed by atoms with van der Waals surface area (Å²) in [6.45, 7) is 2.70. The molecule has 1 saturated heterocycles. The smallest absolute Gasteiger partial charge is 0.292 e. The zero-order chi connectivity index (χ0) is 14.0. The highest BCUT2D eigenvalue weighted by Gasteiger charge is 2.31. The topological polar surface area (TPSA) is 90.4 Å². The lowest BCUT2D eigenvalue weighted by atomic mass is 9.94. The molecular weight excluding hydrogens is 246 g/mol. The third-order valence-corrected chi connectivity index (χ3v) is 3.32. The van der Waals surface area contributed by atoms with Gasteiger partial charge in [0.25, 0.3) is 5.69 Å². The van der Waals surface area contributed by atoms with Gasteiger partial charge in [-0.3, -0.25) is 10.1 Å². The number of hydrogen-bond acceptors (Lipinski definition) is 5. The summed E-state index contributed by atoms with van der Waals surface area (Å²) in [5, 5.41) is 30.0. The molecule has 1 aliphatic rings. The first-order chi connectivity index (χ1) is 8.93. The molecule has 1 fully saturated rings. The summed E-state index contributed by atoms with van der Waals surface area (Å²) in [6.07, 6.45) is 1.44. The van der Waals surface area contributed by atoms with E-state index in [2.05, 4.69) is 0 Å². The summed E-state index contributed by atoms with van der Waals surface area (Å²) in [6, 6.07) is 6.27. The second-order valence-corrected chi connectivity index (χ2v) is 5.09. The lowest BCUT2D eigenvalue weighted by Gasteiger charge is -2.37. The van der Waals surface area contributed by atoms with Crippen LogP contribution >= 0.6 is 0 Å². The maximum atomic E-state index is 11.1. The first-order valence-corrected chi connectivity index (χ1v) is 6.09. The fourth-order valence-corrected chi connectivity index (χ4v) is 2.43. The van der Waals surface area contributed by atoms with E-state index in [1.54, 1.807) is 11.8 Å². The van der Waals surface area contributed by atoms with E-state index in [0.29, 0.717) is 30.8 Å². The van der Waals surface area contributed by atoms with Gasteiger partial charge in [0.15, 0.2) is 0 Å². The van der Waals surface area contributed by atoms with Crippen molar-refractivity contribution in [1.29, 1.82) is 5.26 Å². The summed E-state index contributed by atoms with van der Waals surface area (Å²) in [4.78, 5) is 12.4. The van der Waals surface area contributed by atoms with Gasteiger partial charge < -0.3 is 10.0 Å². The highest BCUT2D eigenvalue weighted by Crippen LogP contribution is 2.33. The molecule has 1 aromatic carbocycles. The molecule has 0 aliphatic carbocycles. The minimum atomic E-state index is -0.852. The van der Waals surface area contributed by atoms with Crippen molar-refractivity contribution in [3.63, 3.8) is 0 Å². The van der Waals surface area contributed by atoms with E-state index in [-0.39, 0.29) is 5.69 Å². The molecule has 6 nitrogen and oxygen atoms in total. The average Bonchev–Trinajstić information content (AvgIpc) is 2.36. The molecule has 0 amide bonds. The first kappa shape index (κ1) is 13.3. The van der Waals surface area contributed by atoms with Gasteiger partial charge in [0.05, 0.1) is 22.2 Å². The largest absolute Gasteiger partial charge is 0.388 e. The molecule has 1 atom stereocenters. The number of nitro groups is 1. The summed E-state index contributed by atoms with van der Waals surface area (Å²) in [5.41, 5.74) is -0.0964. The molecule has 0 saturated carbocycles. The van der Waals surface area contributed by atoms with Crippen LogP contribution in [0.5, 0.6) is 0 Å². The van der Waals surface area contributed by atoms with Gasteiger partial charge in [-0.1, -0.05) is 0 Å². The van der Waals surface area contributed by atoms with Gasteiger partial charge in [0, 0.05) is 19.2 Å². The van der Waals surface area contributed by atoms with Crippen molar-refractivity contribution in [3.8, 4) is 6.07 Å². The standard InChI is InChI=1S/C13H15N3O3/c1-13(17)5-2-6-15(9-13)12-7-10(8-14)3-4-11(12)16(18)19/h3-4,7,17H,2,5-6,9H2,1H3. The molecule has 100 valence electrons. The van der Waals surface area contributed by atoms with Crippen molar-refractivity contribution in [2.24, 2.45) is 0 Å². The van der Waals surface area contributed by atoms with Crippen molar-refractivity contribution >= 4 is 11.4 Å². The predicted octanol–water partition coefficient (Wildman–Crippen LogP) is 1.82. The number of nitrogens with zero attached hydrogens (tertiary/aromatic N) is 3. The van der Waals surface area contributed by atoms with Gasteiger partial charge in [-0.25, -0.2) is 0 Å². The number of hydrogen-bond donors (Lipinski definition) is 1. The van der Waals surface area contributed by atoms with E-state index in [0.717, 1.165) is 6.42 Å². The predicted molar refractivity (Wildman–Crippen MR) is 69.9 cm³/mol. The van der Waals surface area contributed by atoms with E-state index >= 15 is 0 Å². The van der Waals surface area contributed by atoms with Crippen LogP contribution in [0.3, 0.4) is 0 Å². The fourth-order valence-electron chi connectivity index (χ4n) is 2.43. The lowest BCUT2D eigenvalue weighted by molar-refractivity contribution is -0.384. The van der Waals surface area contributed by atoms with Gasteiger partial charge in [-0.2, -0.15) is 5.26 Å². The molecular formula is C13H15N3O3. The number of nitriles is 1. The summed E-state index contributed by atoms with van der Waals surface area (Å²) < 4.78 is 0. The number of piperidine rings is 1. The number of β-amino-alcohol motifs (C(OH)–C–C–N with tert-alkyl or cyclic N) is 1. The molecule has 1 N–H and O–H groups in total. The monoisotopic (exact) mass is 261 g/mol. The maximum Gasteiger partial charge on any atom is 0.292 e. The molecule has 1 aromatic rings. The van der Waals surface area contributed by atoms with Crippen molar-refractivity contribution in [1.82, 2.24) is 0 Å². The number of nitro benzene ring substituents is 1. The minimum absolute atomic E-state index is 0.0308. The second-order valence-electron chi connectivity index (χ2n) is 5.09. The quantitative estimate of drug-likeness (QED) is 0.647. The summed E-state index contributed by atoms with van der Waals surface area (Å²) >= 11 is 0. The lowest BCUT2D eigenvalue weighted by Crippen LogP contribution is -2.46. The third-order valence-electron chi connectivity index (χ3n) is 3.32. The molecule has 0 spiro atoms. The van der Waals surface area contributed by atoms with E-state index < -0.39 is 10.5 Å². The van der Waals surface area contributed by atoms with E-state index in [1.165, 1.54) is 18.2 Å². The minimum Gasteiger partial charge on any atom is -0.388 e. The molecule has 0 radical (unpaired) electrons. The third kappa shape index (κ3) is 2.83. The maximum absolute atomic E-state index is 11.1. The Kier molecular flexibility index (Phi) is 3.40. The normalized spacial score (nSPS) is 22.9. The number of anilines is 1. The van der Waals surface area contributed by atoms with Crippen LogP contribution in [0, 0.1) is 21.4 Å². The molecule has 6 heteroatoms. The van der Waals surface area contributed by atoms with Gasteiger partial charge in [-0.05, 0) is 31.9 Å². The highest BCUT2D eigenvalue weighted by atomic mass is 16.6. The van der Waals surface area contributed by atoms with E-state index in [9.17, 15) is 15.2 Å². The van der Waals surface area contributed by atoms with Crippen LogP contribution in [0.25, 0.3) is 0 Å². The van der Waals surface area contributed by atoms with Crippen LogP contribution < -0.4 is 4.90 Å². The summed E-state index contributed by atoms with van der Waals surface area (Å²) in [5.74, 6) is 0. The van der Waals surface area contributed by atoms with Crippen LogP contribution in [0.15, 0.2) is 18.2 Å². The Labute approximate surface area is 111 Å². The molecule has 0 aromatic heterocycles. The Balaban J connectivity index is 2.42. The van der Waals surface area contributed by atoms with Gasteiger partial charge in [0.2, 0.25) is 0 Å². The zero-order valence-electron chi connectivity index (χ0n) is 10.7. The molecule has 1 aliphatic heterocycles. The second kappa shape index (κ2) is 4.86. The van der Waals surface area contributed by atoms with Crippen LogP contribution in [-0.4, -0.2) is 28.7 Å². The Morgan fingerprint density at radius 1 is 1.58 bits per heavy atom. The Morgan fingerprint density at radius 2 is 2.32 bits per heavy atom. The number of benzene rings is 1. The summed E-state index contributed by atoms with van der Waals surface area (Å²) in [7, 11) is 0. The fraction of sp³-hybridized carbons (Fsp3) is 0.462. The van der Waals surface area contributed by atoms with Crippen molar-refractivity contribution in [2.45, 2.75) is 25.4 Å². The average molecular weight is 261 g/mol. The van der Waals surface area contributed by atoms with Crippen molar-refractivity contribution in [2.75, 3.05) is 18.0 Å². The van der Waals surface area contributed by atoms with Crippen molar-refractivity contribution in [3.05, 3.63) is 33.9 Å². The van der Waals surface area contributed by atoms with Gasteiger partial charge in [0.1, 0.15) is 5.69 Å². The van der Waals surface area contributed by atoms with Crippen LogP contribution in [-0.2, 0) is 0 Å². The molecule has 1 unspecified atom stereocenters. The van der Waals surface area contributed by atoms with E-state index in [4.69, 9.17) is 5.26 Å². The molecule has 0 bridgehead atoms. The van der Waals surface area contributed by atoms with Crippen molar-refractivity contribution < 1.29 is 10.0 Å². The first-order valence-electron chi connectivity index (χ1n) is 6.09. The van der Waals surface area contributed by atoms with Crippen LogP contribution in [0.4, 0.5) is 11.4 Å². The highest BCUT2D eigenvalue weighted by molar-refractivity contribution is 5.66. The van der Waals surface area contributed by atoms with Crippen LogP contribution in [0.1, 0.15) is 25.3 Å².